The molecule has 22 heavy (non-hydrogen) atoms. The van der Waals surface area contributed by atoms with E-state index >= 15 is 0 Å². The summed E-state index contributed by atoms with van der Waals surface area (Å²) in [6.45, 7) is 0.358. The van der Waals surface area contributed by atoms with Crippen LogP contribution in [0.5, 0.6) is 5.75 Å². The van der Waals surface area contributed by atoms with Crippen molar-refractivity contribution in [1.29, 1.82) is 0 Å². The van der Waals surface area contributed by atoms with E-state index in [-0.39, 0.29) is 31.0 Å². The highest BCUT2D eigenvalue weighted by Gasteiger charge is 2.26. The van der Waals surface area contributed by atoms with Crippen LogP contribution < -0.4 is 10.1 Å². The molecule has 0 aliphatic heterocycles. The lowest BCUT2D eigenvalue weighted by Crippen LogP contribution is -2.32. The lowest BCUT2D eigenvalue weighted by atomic mass is 9.90. The Morgan fingerprint density at radius 1 is 1.32 bits per heavy atom. The van der Waals surface area contributed by atoms with Gasteiger partial charge >= 0.3 is 12.6 Å². The first kappa shape index (κ1) is 17.9. The zero-order valence-corrected chi connectivity index (χ0v) is 12.4. The van der Waals surface area contributed by atoms with E-state index in [1.54, 1.807) is 19.9 Å². The molecule has 1 aromatic rings. The van der Waals surface area contributed by atoms with Gasteiger partial charge in [0.15, 0.2) is 0 Å². The fourth-order valence-electron chi connectivity index (χ4n) is 1.72. The molecule has 0 bridgehead atoms. The Labute approximate surface area is 127 Å². The molecule has 0 aliphatic carbocycles. The van der Waals surface area contributed by atoms with Crippen molar-refractivity contribution in [3.8, 4) is 5.75 Å². The number of hydrogen-bond donors (Lipinski definition) is 2. The van der Waals surface area contributed by atoms with E-state index in [0.29, 0.717) is 5.56 Å². The molecule has 0 saturated carbocycles. The number of benzene rings is 1. The van der Waals surface area contributed by atoms with Crippen LogP contribution in [-0.4, -0.2) is 30.1 Å². The zero-order chi connectivity index (χ0) is 16.8. The van der Waals surface area contributed by atoms with Gasteiger partial charge in [-0.1, -0.05) is 18.2 Å². The number of para-hydroxylation sites is 1. The molecular weight excluding hydrogens is 296 g/mol. The van der Waals surface area contributed by atoms with Crippen molar-refractivity contribution in [1.82, 2.24) is 5.32 Å². The number of nitrogens with one attached hydrogen (secondary N) is 1. The summed E-state index contributed by atoms with van der Waals surface area (Å²) in [5.74, 6) is -1.37. The fraction of sp³-hybridized carbons (Fsp3) is 0.467. The molecule has 1 amide bonds. The number of alkyl halides is 2. The molecule has 0 atom stereocenters. The first-order chi connectivity index (χ1) is 10.2. The number of ether oxygens (including phenoxy) is 1. The quantitative estimate of drug-likeness (QED) is 0.772. The largest absolute Gasteiger partial charge is 0.481 e. The van der Waals surface area contributed by atoms with Gasteiger partial charge < -0.3 is 15.2 Å². The van der Waals surface area contributed by atoms with Crippen LogP contribution in [-0.2, 0) is 16.0 Å². The van der Waals surface area contributed by atoms with Crippen LogP contribution in [0.3, 0.4) is 0 Å². The summed E-state index contributed by atoms with van der Waals surface area (Å²) < 4.78 is 28.9. The number of carbonyl (C=O) groups excluding carboxylic acids is 1. The topological polar surface area (TPSA) is 75.6 Å². The second-order valence-electron chi connectivity index (χ2n) is 5.45. The van der Waals surface area contributed by atoms with Crippen LogP contribution in [0.4, 0.5) is 8.78 Å². The Morgan fingerprint density at radius 2 is 1.95 bits per heavy atom. The summed E-state index contributed by atoms with van der Waals surface area (Å²) in [5.41, 5.74) is -0.595. The van der Waals surface area contributed by atoms with E-state index in [2.05, 4.69) is 10.1 Å². The highest BCUT2D eigenvalue weighted by molar-refractivity contribution is 5.79. The molecule has 1 rings (SSSR count). The van der Waals surface area contributed by atoms with Gasteiger partial charge in [0.25, 0.3) is 0 Å². The molecule has 1 aromatic carbocycles. The monoisotopic (exact) mass is 315 g/mol. The van der Waals surface area contributed by atoms with Crippen LogP contribution >= 0.6 is 0 Å². The van der Waals surface area contributed by atoms with Crippen LogP contribution in [0, 0.1) is 5.41 Å². The number of carboxylic acids is 1. The van der Waals surface area contributed by atoms with Crippen molar-refractivity contribution in [3.05, 3.63) is 29.8 Å². The minimum Gasteiger partial charge on any atom is -0.481 e. The molecule has 5 nitrogen and oxygen atoms in total. The minimum absolute atomic E-state index is 0.0430. The number of hydrogen-bond acceptors (Lipinski definition) is 3. The molecule has 7 heteroatoms. The summed E-state index contributed by atoms with van der Waals surface area (Å²) in [6.07, 6.45) is 0.152. The lowest BCUT2D eigenvalue weighted by molar-refractivity contribution is -0.147. The van der Waals surface area contributed by atoms with Crippen molar-refractivity contribution >= 4 is 11.9 Å². The molecule has 0 spiro atoms. The maximum absolute atomic E-state index is 12.3. The molecule has 0 saturated heterocycles. The maximum atomic E-state index is 12.3. The number of halogens is 2. The van der Waals surface area contributed by atoms with Gasteiger partial charge in [-0.3, -0.25) is 9.59 Å². The fourth-order valence-corrected chi connectivity index (χ4v) is 1.72. The molecule has 0 unspecified atom stereocenters. The van der Waals surface area contributed by atoms with E-state index < -0.39 is 18.0 Å². The van der Waals surface area contributed by atoms with Gasteiger partial charge in [0.2, 0.25) is 5.91 Å². The summed E-state index contributed by atoms with van der Waals surface area (Å²) in [6, 6.07) is 6.05. The Bertz CT molecular complexity index is 532. The third kappa shape index (κ3) is 5.67. The Kier molecular flexibility index (Phi) is 6.27. The van der Waals surface area contributed by atoms with Gasteiger partial charge in [-0.25, -0.2) is 0 Å². The zero-order valence-electron chi connectivity index (χ0n) is 12.4. The van der Waals surface area contributed by atoms with E-state index in [9.17, 15) is 18.4 Å². The molecule has 0 fully saturated rings. The van der Waals surface area contributed by atoms with Crippen molar-refractivity contribution in [2.75, 3.05) is 6.54 Å². The maximum Gasteiger partial charge on any atom is 0.387 e. The number of carbonyl (C=O) groups is 2. The van der Waals surface area contributed by atoms with Crippen molar-refractivity contribution < 1.29 is 28.2 Å². The molecule has 2 N–H and O–H groups in total. The molecule has 0 aromatic heterocycles. The van der Waals surface area contributed by atoms with Gasteiger partial charge in [-0.15, -0.1) is 0 Å². The predicted octanol–water partition coefficient (Wildman–Crippen LogP) is 2.45. The average molecular weight is 315 g/mol. The van der Waals surface area contributed by atoms with Crippen LogP contribution in [0.1, 0.15) is 25.8 Å². The summed E-state index contributed by atoms with van der Waals surface area (Å²) in [4.78, 5) is 22.7. The van der Waals surface area contributed by atoms with Crippen LogP contribution in [0.15, 0.2) is 24.3 Å². The van der Waals surface area contributed by atoms with E-state index in [0.717, 1.165) is 0 Å². The minimum atomic E-state index is -2.96. The second-order valence-corrected chi connectivity index (χ2v) is 5.45. The first-order valence-electron chi connectivity index (χ1n) is 6.75. The van der Waals surface area contributed by atoms with Gasteiger partial charge in [0, 0.05) is 12.1 Å². The summed E-state index contributed by atoms with van der Waals surface area (Å²) >= 11 is 0. The average Bonchev–Trinajstić information content (AvgIpc) is 2.40. The number of rotatable bonds is 8. The van der Waals surface area contributed by atoms with Crippen molar-refractivity contribution in [2.24, 2.45) is 5.41 Å². The third-order valence-corrected chi connectivity index (χ3v) is 3.19. The van der Waals surface area contributed by atoms with Gasteiger partial charge in [-0.05, 0) is 26.3 Å². The summed E-state index contributed by atoms with van der Waals surface area (Å²) in [7, 11) is 0. The number of amides is 1. The first-order valence-corrected chi connectivity index (χ1v) is 6.75. The van der Waals surface area contributed by atoms with Crippen LogP contribution in [0.2, 0.25) is 0 Å². The molecule has 0 aliphatic rings. The summed E-state index contributed by atoms with van der Waals surface area (Å²) in [5, 5.41) is 11.5. The lowest BCUT2D eigenvalue weighted by Gasteiger charge is -2.19. The van der Waals surface area contributed by atoms with Crippen molar-refractivity contribution in [3.63, 3.8) is 0 Å². The molecular formula is C15H19F2NO4. The predicted molar refractivity (Wildman–Crippen MR) is 75.8 cm³/mol. The highest BCUT2D eigenvalue weighted by Crippen LogP contribution is 2.21. The second kappa shape index (κ2) is 7.72. The third-order valence-electron chi connectivity index (χ3n) is 3.19. The van der Waals surface area contributed by atoms with E-state index in [1.165, 1.54) is 18.2 Å². The van der Waals surface area contributed by atoms with Crippen LogP contribution in [0.25, 0.3) is 0 Å². The number of aliphatic carboxylic acids is 1. The Morgan fingerprint density at radius 3 is 2.55 bits per heavy atom. The smallest absolute Gasteiger partial charge is 0.387 e. The SMILES string of the molecule is CC(C)(CCNC(=O)Cc1ccccc1OC(F)F)C(=O)O. The Balaban J connectivity index is 2.54. The van der Waals surface area contributed by atoms with E-state index in [1.807, 2.05) is 0 Å². The highest BCUT2D eigenvalue weighted by atomic mass is 19.3. The van der Waals surface area contributed by atoms with Crippen molar-refractivity contribution in [2.45, 2.75) is 33.3 Å². The standard InChI is InChI=1S/C15H19F2NO4/c1-15(2,13(20)21)7-8-18-12(19)9-10-5-3-4-6-11(10)22-14(16)17/h3-6,14H,7-9H2,1-2H3,(H,18,19)(H,20,21). The van der Waals surface area contributed by atoms with Gasteiger partial charge in [0.1, 0.15) is 5.75 Å². The number of carboxylic acid groups (broad SMARTS) is 1. The normalized spacial score (nSPS) is 11.3. The Hall–Kier alpha value is -2.18. The molecule has 0 radical (unpaired) electrons. The molecule has 122 valence electrons. The van der Waals surface area contributed by atoms with E-state index in [4.69, 9.17) is 5.11 Å². The van der Waals surface area contributed by atoms with Gasteiger partial charge in [-0.2, -0.15) is 8.78 Å². The van der Waals surface area contributed by atoms with Gasteiger partial charge in [0.05, 0.1) is 11.8 Å². The molecule has 0 heterocycles.